The minimum atomic E-state index is -0.174. The Labute approximate surface area is 122 Å². The standard InChI is InChI=1S/C15H21BrFNO/c1-10(14-8-12(16)5-6-15(14)17)18-9-11-3-2-4-13(19)7-11/h5-6,8,10-11,13,18-19H,2-4,7,9H2,1H3. The van der Waals surface area contributed by atoms with E-state index >= 15 is 0 Å². The molecular weight excluding hydrogens is 309 g/mol. The lowest BCUT2D eigenvalue weighted by Crippen LogP contribution is -2.31. The molecule has 1 fully saturated rings. The summed E-state index contributed by atoms with van der Waals surface area (Å²) in [6, 6.07) is 5.00. The van der Waals surface area contributed by atoms with Crippen LogP contribution in [0.25, 0.3) is 0 Å². The van der Waals surface area contributed by atoms with Crippen LogP contribution >= 0.6 is 15.9 Å². The van der Waals surface area contributed by atoms with E-state index in [0.717, 1.165) is 36.7 Å². The zero-order valence-corrected chi connectivity index (χ0v) is 12.8. The molecule has 3 unspecified atom stereocenters. The predicted molar refractivity (Wildman–Crippen MR) is 78.5 cm³/mol. The highest BCUT2D eigenvalue weighted by molar-refractivity contribution is 9.10. The van der Waals surface area contributed by atoms with Crippen molar-refractivity contribution in [2.24, 2.45) is 5.92 Å². The molecule has 0 spiro atoms. The van der Waals surface area contributed by atoms with Gasteiger partial charge in [-0.15, -0.1) is 0 Å². The average molecular weight is 330 g/mol. The van der Waals surface area contributed by atoms with Crippen molar-refractivity contribution in [3.8, 4) is 0 Å². The Hall–Kier alpha value is -0.450. The van der Waals surface area contributed by atoms with Gasteiger partial charge in [0.15, 0.2) is 0 Å². The smallest absolute Gasteiger partial charge is 0.128 e. The van der Waals surface area contributed by atoms with E-state index in [0.29, 0.717) is 11.5 Å². The van der Waals surface area contributed by atoms with Gasteiger partial charge in [0.25, 0.3) is 0 Å². The summed E-state index contributed by atoms with van der Waals surface area (Å²) < 4.78 is 14.6. The van der Waals surface area contributed by atoms with Gasteiger partial charge in [0, 0.05) is 16.1 Å². The molecule has 2 N–H and O–H groups in total. The number of rotatable bonds is 4. The predicted octanol–water partition coefficient (Wildman–Crippen LogP) is 3.79. The Morgan fingerprint density at radius 2 is 2.26 bits per heavy atom. The molecule has 0 aliphatic heterocycles. The lowest BCUT2D eigenvalue weighted by Gasteiger charge is -2.27. The van der Waals surface area contributed by atoms with Crippen molar-refractivity contribution in [1.29, 1.82) is 0 Å². The van der Waals surface area contributed by atoms with E-state index in [-0.39, 0.29) is 18.0 Å². The molecule has 0 saturated heterocycles. The molecule has 1 aromatic rings. The molecule has 0 aromatic heterocycles. The quantitative estimate of drug-likeness (QED) is 0.880. The van der Waals surface area contributed by atoms with E-state index in [2.05, 4.69) is 21.2 Å². The van der Waals surface area contributed by atoms with Crippen LogP contribution in [0.1, 0.15) is 44.2 Å². The van der Waals surface area contributed by atoms with Gasteiger partial charge >= 0.3 is 0 Å². The lowest BCUT2D eigenvalue weighted by molar-refractivity contribution is 0.0997. The van der Waals surface area contributed by atoms with E-state index in [1.165, 1.54) is 6.07 Å². The Morgan fingerprint density at radius 3 is 3.00 bits per heavy atom. The molecule has 106 valence electrons. The van der Waals surface area contributed by atoms with Gasteiger partial charge in [-0.3, -0.25) is 0 Å². The minimum Gasteiger partial charge on any atom is -0.393 e. The largest absolute Gasteiger partial charge is 0.393 e. The summed E-state index contributed by atoms with van der Waals surface area (Å²) in [5, 5.41) is 13.0. The summed E-state index contributed by atoms with van der Waals surface area (Å²) in [7, 11) is 0. The Balaban J connectivity index is 1.90. The number of halogens is 2. The second kappa shape index (κ2) is 6.82. The first-order valence-electron chi connectivity index (χ1n) is 6.92. The molecule has 0 heterocycles. The number of benzene rings is 1. The van der Waals surface area contributed by atoms with Gasteiger partial charge in [-0.1, -0.05) is 22.4 Å². The van der Waals surface area contributed by atoms with Crippen LogP contribution in [-0.4, -0.2) is 17.8 Å². The van der Waals surface area contributed by atoms with Gasteiger partial charge < -0.3 is 10.4 Å². The first-order valence-corrected chi connectivity index (χ1v) is 7.72. The van der Waals surface area contributed by atoms with Gasteiger partial charge in [-0.25, -0.2) is 4.39 Å². The third-order valence-electron chi connectivity index (χ3n) is 3.89. The third kappa shape index (κ3) is 4.26. The first kappa shape index (κ1) is 14.9. The van der Waals surface area contributed by atoms with Crippen LogP contribution < -0.4 is 5.32 Å². The number of hydrogen-bond donors (Lipinski definition) is 2. The summed E-state index contributed by atoms with van der Waals surface area (Å²) >= 11 is 3.37. The molecule has 19 heavy (non-hydrogen) atoms. The van der Waals surface area contributed by atoms with Crippen molar-refractivity contribution in [2.45, 2.75) is 44.8 Å². The summed E-state index contributed by atoms with van der Waals surface area (Å²) in [6.45, 7) is 2.81. The third-order valence-corrected chi connectivity index (χ3v) is 4.39. The lowest BCUT2D eigenvalue weighted by atomic mass is 9.87. The highest BCUT2D eigenvalue weighted by atomic mass is 79.9. The average Bonchev–Trinajstić information content (AvgIpc) is 2.39. The zero-order valence-electron chi connectivity index (χ0n) is 11.2. The monoisotopic (exact) mass is 329 g/mol. The fourth-order valence-electron chi connectivity index (χ4n) is 2.75. The van der Waals surface area contributed by atoms with Gasteiger partial charge in [0.05, 0.1) is 6.10 Å². The van der Waals surface area contributed by atoms with Gasteiger partial charge in [-0.2, -0.15) is 0 Å². The normalized spacial score (nSPS) is 25.3. The number of nitrogens with one attached hydrogen (secondary N) is 1. The highest BCUT2D eigenvalue weighted by Gasteiger charge is 2.21. The molecule has 4 heteroatoms. The highest BCUT2D eigenvalue weighted by Crippen LogP contribution is 2.25. The van der Waals surface area contributed by atoms with Gasteiger partial charge in [0.1, 0.15) is 5.82 Å². The van der Waals surface area contributed by atoms with Crippen LogP contribution in [0.3, 0.4) is 0 Å². The minimum absolute atomic E-state index is 0.0171. The fourth-order valence-corrected chi connectivity index (χ4v) is 3.13. The van der Waals surface area contributed by atoms with Gasteiger partial charge in [-0.05, 0) is 56.8 Å². The molecule has 2 nitrogen and oxygen atoms in total. The fraction of sp³-hybridized carbons (Fsp3) is 0.600. The van der Waals surface area contributed by atoms with E-state index < -0.39 is 0 Å². The van der Waals surface area contributed by atoms with Crippen molar-refractivity contribution in [2.75, 3.05) is 6.54 Å². The van der Waals surface area contributed by atoms with Crippen LogP contribution in [0.4, 0.5) is 4.39 Å². The number of aliphatic hydroxyl groups excluding tert-OH is 1. The van der Waals surface area contributed by atoms with E-state index in [1.54, 1.807) is 6.07 Å². The molecule has 1 aliphatic carbocycles. The van der Waals surface area contributed by atoms with Crippen molar-refractivity contribution in [3.05, 3.63) is 34.1 Å². The number of hydrogen-bond acceptors (Lipinski definition) is 2. The van der Waals surface area contributed by atoms with Crippen LogP contribution in [0.2, 0.25) is 0 Å². The van der Waals surface area contributed by atoms with E-state index in [1.807, 2.05) is 13.0 Å². The summed E-state index contributed by atoms with van der Waals surface area (Å²) in [5.74, 6) is 0.327. The molecule has 2 rings (SSSR count). The van der Waals surface area contributed by atoms with E-state index in [9.17, 15) is 9.50 Å². The summed E-state index contributed by atoms with van der Waals surface area (Å²) in [5.41, 5.74) is 0.686. The Morgan fingerprint density at radius 1 is 1.47 bits per heavy atom. The molecule has 1 aromatic carbocycles. The van der Waals surface area contributed by atoms with Crippen LogP contribution in [0, 0.1) is 11.7 Å². The molecule has 1 saturated carbocycles. The maximum Gasteiger partial charge on any atom is 0.128 e. The molecule has 3 atom stereocenters. The van der Waals surface area contributed by atoms with Gasteiger partial charge in [0.2, 0.25) is 0 Å². The second-order valence-electron chi connectivity index (χ2n) is 5.48. The first-order chi connectivity index (χ1) is 9.06. The zero-order chi connectivity index (χ0) is 13.8. The summed E-state index contributed by atoms with van der Waals surface area (Å²) in [4.78, 5) is 0. The van der Waals surface area contributed by atoms with Crippen molar-refractivity contribution < 1.29 is 9.50 Å². The maximum absolute atomic E-state index is 13.7. The van der Waals surface area contributed by atoms with Crippen LogP contribution in [-0.2, 0) is 0 Å². The van der Waals surface area contributed by atoms with Crippen LogP contribution in [0.15, 0.2) is 22.7 Å². The number of aliphatic hydroxyl groups is 1. The van der Waals surface area contributed by atoms with Crippen molar-refractivity contribution >= 4 is 15.9 Å². The topological polar surface area (TPSA) is 32.3 Å². The Bertz CT molecular complexity index is 427. The Kier molecular flexibility index (Phi) is 5.37. The molecule has 0 radical (unpaired) electrons. The van der Waals surface area contributed by atoms with E-state index in [4.69, 9.17) is 0 Å². The van der Waals surface area contributed by atoms with Crippen LogP contribution in [0.5, 0.6) is 0 Å². The molecule has 0 bridgehead atoms. The molecule has 0 amide bonds. The maximum atomic E-state index is 13.7. The van der Waals surface area contributed by atoms with Crippen molar-refractivity contribution in [1.82, 2.24) is 5.32 Å². The molecule has 1 aliphatic rings. The summed E-state index contributed by atoms with van der Waals surface area (Å²) in [6.07, 6.45) is 3.87. The molecular formula is C15H21BrFNO. The SMILES string of the molecule is CC(NCC1CCCC(O)C1)c1cc(Br)ccc1F. The van der Waals surface area contributed by atoms with Crippen molar-refractivity contribution in [3.63, 3.8) is 0 Å². The second-order valence-corrected chi connectivity index (χ2v) is 6.40.